The van der Waals surface area contributed by atoms with E-state index in [1.165, 1.54) is 5.56 Å². The molecule has 1 aliphatic heterocycles. The first kappa shape index (κ1) is 20.6. The van der Waals surface area contributed by atoms with Crippen LogP contribution in [-0.2, 0) is 11.2 Å². The molecule has 7 heteroatoms. The molecule has 0 fully saturated rings. The Morgan fingerprint density at radius 1 is 0.971 bits per heavy atom. The van der Waals surface area contributed by atoms with Gasteiger partial charge in [0.1, 0.15) is 11.6 Å². The number of hydrogen-bond acceptors (Lipinski definition) is 5. The number of nitrogens with one attached hydrogen (secondary N) is 1. The van der Waals surface area contributed by atoms with Crippen LogP contribution in [0.4, 0.5) is 5.82 Å². The van der Waals surface area contributed by atoms with Crippen LogP contribution in [0.2, 0.25) is 0 Å². The highest BCUT2D eigenvalue weighted by atomic mass is 32.1. The highest BCUT2D eigenvalue weighted by Crippen LogP contribution is 2.42. The Bertz CT molecular complexity index is 1440. The molecule has 3 heterocycles. The minimum Gasteiger partial charge on any atom is -0.493 e. The van der Waals surface area contributed by atoms with Crippen molar-refractivity contribution < 1.29 is 9.53 Å². The summed E-state index contributed by atoms with van der Waals surface area (Å²) < 4.78 is 9.03. The van der Waals surface area contributed by atoms with Crippen LogP contribution >= 0.6 is 11.3 Å². The highest BCUT2D eigenvalue weighted by Gasteiger charge is 2.32. The van der Waals surface area contributed by atoms with E-state index < -0.39 is 0 Å². The Kier molecular flexibility index (Phi) is 5.31. The summed E-state index contributed by atoms with van der Waals surface area (Å²) in [5.41, 5.74) is 4.12. The summed E-state index contributed by atoms with van der Waals surface area (Å²) in [7, 11) is 0. The van der Waals surface area contributed by atoms with E-state index in [1.54, 1.807) is 16.0 Å². The Balaban J connectivity index is 1.32. The minimum atomic E-state index is -0.139. The third-order valence-electron chi connectivity index (χ3n) is 6.07. The largest absolute Gasteiger partial charge is 0.493 e. The molecule has 1 N–H and O–H groups in total. The molecular weight excluding hydrogens is 444 g/mol. The fraction of sp³-hybridized carbons (Fsp3) is 0.148. The van der Waals surface area contributed by atoms with Crippen LogP contribution in [0.1, 0.15) is 29.0 Å². The summed E-state index contributed by atoms with van der Waals surface area (Å²) in [4.78, 5) is 17.5. The Hall–Kier alpha value is -3.97. The SMILES string of the molecule is O=C1C[C@H](c2ccccc2OCCc2ccccc2)c2cnn(-c3nc4ccccc4s3)c2N1. The third kappa shape index (κ3) is 3.84. The van der Waals surface area contributed by atoms with E-state index >= 15 is 0 Å². The van der Waals surface area contributed by atoms with Crippen LogP contribution in [0.25, 0.3) is 15.3 Å². The molecule has 3 aromatic carbocycles. The number of benzene rings is 3. The number of hydrogen-bond donors (Lipinski definition) is 1. The van der Waals surface area contributed by atoms with Crippen molar-refractivity contribution in [3.8, 4) is 10.9 Å². The predicted octanol–water partition coefficient (Wildman–Crippen LogP) is 5.58. The van der Waals surface area contributed by atoms with Crippen molar-refractivity contribution in [3.05, 3.63) is 102 Å². The van der Waals surface area contributed by atoms with Gasteiger partial charge in [-0.15, -0.1) is 0 Å². The molecule has 2 aromatic heterocycles. The van der Waals surface area contributed by atoms with Crippen molar-refractivity contribution in [2.24, 2.45) is 0 Å². The summed E-state index contributed by atoms with van der Waals surface area (Å²) in [6.45, 7) is 0.567. The van der Waals surface area contributed by atoms with Crippen molar-refractivity contribution >= 4 is 33.3 Å². The van der Waals surface area contributed by atoms with Gasteiger partial charge in [0, 0.05) is 29.9 Å². The predicted molar refractivity (Wildman–Crippen MR) is 134 cm³/mol. The van der Waals surface area contributed by atoms with E-state index in [0.29, 0.717) is 18.8 Å². The van der Waals surface area contributed by atoms with Crippen LogP contribution in [0.15, 0.2) is 85.1 Å². The average Bonchev–Trinajstić information content (AvgIpc) is 3.48. The fourth-order valence-electron chi connectivity index (χ4n) is 4.42. The monoisotopic (exact) mass is 466 g/mol. The second-order valence-corrected chi connectivity index (χ2v) is 9.26. The molecule has 0 saturated carbocycles. The van der Waals surface area contributed by atoms with Gasteiger partial charge in [0.25, 0.3) is 0 Å². The Morgan fingerprint density at radius 3 is 2.65 bits per heavy atom. The quantitative estimate of drug-likeness (QED) is 0.355. The number of carbonyl (C=O) groups is 1. The zero-order chi connectivity index (χ0) is 22.9. The lowest BCUT2D eigenvalue weighted by Gasteiger charge is -2.25. The van der Waals surface area contributed by atoms with Gasteiger partial charge in [-0.05, 0) is 23.8 Å². The van der Waals surface area contributed by atoms with Crippen LogP contribution in [0, 0.1) is 0 Å². The number of fused-ring (bicyclic) bond motifs is 2. The molecule has 168 valence electrons. The second-order valence-electron chi connectivity index (χ2n) is 8.25. The van der Waals surface area contributed by atoms with Gasteiger partial charge in [-0.1, -0.05) is 72.0 Å². The maximum atomic E-state index is 12.8. The van der Waals surface area contributed by atoms with Gasteiger partial charge in [0.05, 0.1) is 23.0 Å². The molecular formula is C27H22N4O2S. The van der Waals surface area contributed by atoms with E-state index in [9.17, 15) is 4.79 Å². The van der Waals surface area contributed by atoms with Gasteiger partial charge in [-0.25, -0.2) is 4.98 Å². The zero-order valence-corrected chi connectivity index (χ0v) is 19.2. The molecule has 0 aliphatic carbocycles. The van der Waals surface area contributed by atoms with Crippen LogP contribution in [0.3, 0.4) is 0 Å². The molecule has 0 radical (unpaired) electrons. The molecule has 1 atom stereocenters. The first-order valence-electron chi connectivity index (χ1n) is 11.3. The number of carbonyl (C=O) groups excluding carboxylic acids is 1. The fourth-order valence-corrected chi connectivity index (χ4v) is 5.35. The number of rotatable bonds is 6. The summed E-state index contributed by atoms with van der Waals surface area (Å²) in [5.74, 6) is 1.30. The molecule has 6 nitrogen and oxygen atoms in total. The van der Waals surface area contributed by atoms with E-state index in [4.69, 9.17) is 9.72 Å². The van der Waals surface area contributed by atoms with Crippen molar-refractivity contribution in [2.75, 3.05) is 11.9 Å². The zero-order valence-electron chi connectivity index (χ0n) is 18.3. The third-order valence-corrected chi connectivity index (χ3v) is 7.08. The first-order valence-corrected chi connectivity index (χ1v) is 12.1. The lowest BCUT2D eigenvalue weighted by atomic mass is 9.87. The Morgan fingerprint density at radius 2 is 1.76 bits per heavy atom. The second kappa shape index (κ2) is 8.76. The maximum absolute atomic E-state index is 12.8. The molecule has 1 amide bonds. The van der Waals surface area contributed by atoms with Crippen molar-refractivity contribution in [1.29, 1.82) is 0 Å². The number of aromatic nitrogens is 3. The van der Waals surface area contributed by atoms with Crippen LogP contribution < -0.4 is 10.1 Å². The lowest BCUT2D eigenvalue weighted by molar-refractivity contribution is -0.116. The van der Waals surface area contributed by atoms with Gasteiger partial charge >= 0.3 is 0 Å². The lowest BCUT2D eigenvalue weighted by Crippen LogP contribution is -2.25. The van der Waals surface area contributed by atoms with Gasteiger partial charge < -0.3 is 10.1 Å². The van der Waals surface area contributed by atoms with Gasteiger partial charge in [0.15, 0.2) is 0 Å². The van der Waals surface area contributed by atoms with Crippen molar-refractivity contribution in [3.63, 3.8) is 0 Å². The van der Waals surface area contributed by atoms with Gasteiger partial charge in [-0.3, -0.25) is 4.79 Å². The number of amides is 1. The molecule has 0 spiro atoms. The summed E-state index contributed by atoms with van der Waals surface area (Å²) >= 11 is 1.55. The van der Waals surface area contributed by atoms with Gasteiger partial charge in [0.2, 0.25) is 11.0 Å². The Labute approximate surface area is 200 Å². The number of para-hydroxylation sites is 2. The molecule has 0 unspecified atom stereocenters. The summed E-state index contributed by atoms with van der Waals surface area (Å²) in [5, 5.41) is 8.37. The molecule has 6 rings (SSSR count). The minimum absolute atomic E-state index is 0.0422. The van der Waals surface area contributed by atoms with Crippen LogP contribution in [-0.4, -0.2) is 27.3 Å². The van der Waals surface area contributed by atoms with E-state index in [-0.39, 0.29) is 11.8 Å². The summed E-state index contributed by atoms with van der Waals surface area (Å²) in [6, 6.07) is 26.2. The van der Waals surface area contributed by atoms with E-state index in [2.05, 4.69) is 22.5 Å². The number of thiazole rings is 1. The molecule has 0 saturated heterocycles. The van der Waals surface area contributed by atoms with E-state index in [0.717, 1.165) is 38.6 Å². The smallest absolute Gasteiger partial charge is 0.226 e. The normalized spacial score (nSPS) is 15.2. The topological polar surface area (TPSA) is 69.0 Å². The van der Waals surface area contributed by atoms with Crippen LogP contribution in [0.5, 0.6) is 5.75 Å². The highest BCUT2D eigenvalue weighted by molar-refractivity contribution is 7.20. The van der Waals surface area contributed by atoms with Gasteiger partial charge in [-0.2, -0.15) is 9.78 Å². The number of anilines is 1. The number of ether oxygens (including phenoxy) is 1. The summed E-state index contributed by atoms with van der Waals surface area (Å²) in [6.07, 6.45) is 3.00. The standard InChI is InChI=1S/C27H22N4O2S/c32-25-16-20(19-10-4-6-12-23(19)33-15-14-18-8-2-1-3-9-18)21-17-28-31(26(21)30-25)27-29-22-11-5-7-13-24(22)34-27/h1-13,17,20H,14-16H2,(H,30,32)/t20-/m1/s1. The van der Waals surface area contributed by atoms with Crippen molar-refractivity contribution in [1.82, 2.24) is 14.8 Å². The molecule has 1 aliphatic rings. The molecule has 0 bridgehead atoms. The van der Waals surface area contributed by atoms with Crippen molar-refractivity contribution in [2.45, 2.75) is 18.8 Å². The average molecular weight is 467 g/mol. The van der Waals surface area contributed by atoms with E-state index in [1.807, 2.05) is 72.9 Å². The number of nitrogens with zero attached hydrogens (tertiary/aromatic N) is 3. The molecule has 34 heavy (non-hydrogen) atoms. The maximum Gasteiger partial charge on any atom is 0.226 e. The first-order chi connectivity index (χ1) is 16.8. The molecule has 5 aromatic rings.